The molecule has 0 aliphatic heterocycles. The molecule has 1 heterocycles. The van der Waals surface area contributed by atoms with Gasteiger partial charge in [-0.25, -0.2) is 4.68 Å². The minimum absolute atomic E-state index is 0.0491. The zero-order valence-electron chi connectivity index (χ0n) is 15.3. The summed E-state index contributed by atoms with van der Waals surface area (Å²) in [6.07, 6.45) is 0. The SMILES string of the molecule is Cc1ccccc1CN(C)C(=O)c1nnn(-c2cccc([N+](=O)[O-])c2)c1C. The van der Waals surface area contributed by atoms with Crippen molar-refractivity contribution in [1.82, 2.24) is 19.9 Å². The van der Waals surface area contributed by atoms with Crippen molar-refractivity contribution in [2.24, 2.45) is 0 Å². The van der Waals surface area contributed by atoms with Crippen LogP contribution in [0.15, 0.2) is 48.5 Å². The predicted molar refractivity (Wildman–Crippen MR) is 99.7 cm³/mol. The van der Waals surface area contributed by atoms with E-state index in [4.69, 9.17) is 0 Å². The molecule has 2 aromatic carbocycles. The second-order valence-electron chi connectivity index (χ2n) is 6.30. The van der Waals surface area contributed by atoms with Crippen LogP contribution in [0.3, 0.4) is 0 Å². The fourth-order valence-corrected chi connectivity index (χ4v) is 2.81. The summed E-state index contributed by atoms with van der Waals surface area (Å²) in [5.41, 5.74) is 3.34. The maximum absolute atomic E-state index is 12.8. The van der Waals surface area contributed by atoms with Crippen LogP contribution >= 0.6 is 0 Å². The third-order valence-corrected chi connectivity index (χ3v) is 4.40. The molecule has 1 amide bonds. The Morgan fingerprint density at radius 3 is 2.63 bits per heavy atom. The first-order valence-electron chi connectivity index (χ1n) is 8.35. The summed E-state index contributed by atoms with van der Waals surface area (Å²) in [6, 6.07) is 13.9. The van der Waals surface area contributed by atoms with E-state index >= 15 is 0 Å². The van der Waals surface area contributed by atoms with E-state index in [1.165, 1.54) is 16.8 Å². The quantitative estimate of drug-likeness (QED) is 0.512. The van der Waals surface area contributed by atoms with Gasteiger partial charge in [0.25, 0.3) is 11.6 Å². The second-order valence-corrected chi connectivity index (χ2v) is 6.30. The summed E-state index contributed by atoms with van der Waals surface area (Å²) in [6.45, 7) is 4.17. The first kappa shape index (κ1) is 18.2. The largest absolute Gasteiger partial charge is 0.336 e. The molecule has 0 atom stereocenters. The van der Waals surface area contributed by atoms with E-state index in [2.05, 4.69) is 10.3 Å². The number of aryl methyl sites for hydroxylation is 1. The fourth-order valence-electron chi connectivity index (χ4n) is 2.81. The van der Waals surface area contributed by atoms with E-state index in [1.54, 1.807) is 31.0 Å². The summed E-state index contributed by atoms with van der Waals surface area (Å²) in [5.74, 6) is -0.257. The van der Waals surface area contributed by atoms with Gasteiger partial charge < -0.3 is 4.90 Å². The highest BCUT2D eigenvalue weighted by molar-refractivity contribution is 5.93. The van der Waals surface area contributed by atoms with E-state index in [-0.39, 0.29) is 17.3 Å². The van der Waals surface area contributed by atoms with Gasteiger partial charge in [0, 0.05) is 25.7 Å². The average molecular weight is 365 g/mol. The number of hydrogen-bond donors (Lipinski definition) is 0. The molecule has 0 fully saturated rings. The smallest absolute Gasteiger partial charge is 0.276 e. The Labute approximate surface area is 156 Å². The zero-order valence-corrected chi connectivity index (χ0v) is 15.3. The standard InChI is InChI=1S/C19H19N5O3/c1-13-7-4-5-8-15(13)12-22(3)19(25)18-14(2)23(21-20-18)16-9-6-10-17(11-16)24(26)27/h4-11H,12H2,1-3H3. The highest BCUT2D eigenvalue weighted by atomic mass is 16.6. The van der Waals surface area contributed by atoms with Crippen LogP contribution in [0.25, 0.3) is 5.69 Å². The minimum Gasteiger partial charge on any atom is -0.336 e. The number of rotatable bonds is 5. The van der Waals surface area contributed by atoms with E-state index in [9.17, 15) is 14.9 Å². The highest BCUT2D eigenvalue weighted by Crippen LogP contribution is 2.19. The Kier molecular flexibility index (Phi) is 4.98. The van der Waals surface area contributed by atoms with Gasteiger partial charge in [-0.3, -0.25) is 14.9 Å². The maximum atomic E-state index is 12.8. The van der Waals surface area contributed by atoms with Gasteiger partial charge in [0.05, 0.1) is 16.3 Å². The second kappa shape index (κ2) is 7.36. The Hall–Kier alpha value is -3.55. The number of hydrogen-bond acceptors (Lipinski definition) is 5. The van der Waals surface area contributed by atoms with Crippen LogP contribution in [0.2, 0.25) is 0 Å². The topological polar surface area (TPSA) is 94.2 Å². The number of non-ortho nitro benzene ring substituents is 1. The molecule has 3 aromatic rings. The average Bonchev–Trinajstić information content (AvgIpc) is 3.04. The van der Waals surface area contributed by atoms with Gasteiger partial charge in [-0.05, 0) is 31.0 Å². The molecule has 0 unspecified atom stereocenters. The van der Waals surface area contributed by atoms with Crippen LogP contribution < -0.4 is 0 Å². The molecule has 0 saturated heterocycles. The van der Waals surface area contributed by atoms with Crippen LogP contribution in [0.5, 0.6) is 0 Å². The van der Waals surface area contributed by atoms with Gasteiger partial charge in [-0.15, -0.1) is 5.10 Å². The van der Waals surface area contributed by atoms with Crippen molar-refractivity contribution in [3.8, 4) is 5.69 Å². The molecular formula is C19H19N5O3. The molecule has 0 radical (unpaired) electrons. The highest BCUT2D eigenvalue weighted by Gasteiger charge is 2.22. The molecule has 138 valence electrons. The van der Waals surface area contributed by atoms with E-state index in [0.717, 1.165) is 11.1 Å². The lowest BCUT2D eigenvalue weighted by atomic mass is 10.1. The van der Waals surface area contributed by atoms with E-state index in [1.807, 2.05) is 31.2 Å². The lowest BCUT2D eigenvalue weighted by molar-refractivity contribution is -0.384. The number of nitrogens with zero attached hydrogens (tertiary/aromatic N) is 5. The summed E-state index contributed by atoms with van der Waals surface area (Å²) in [5, 5.41) is 19.0. The van der Waals surface area contributed by atoms with Gasteiger partial charge in [0.1, 0.15) is 0 Å². The number of benzene rings is 2. The Bertz CT molecular complexity index is 1010. The van der Waals surface area contributed by atoms with Crippen LogP contribution in [-0.2, 0) is 6.54 Å². The lowest BCUT2D eigenvalue weighted by Crippen LogP contribution is -2.27. The van der Waals surface area contributed by atoms with Gasteiger partial charge in [0.2, 0.25) is 0 Å². The predicted octanol–water partition coefficient (Wildman–Crippen LogP) is 3.06. The van der Waals surface area contributed by atoms with Gasteiger partial charge in [-0.1, -0.05) is 35.5 Å². The molecule has 0 saturated carbocycles. The number of nitro benzene ring substituents is 1. The summed E-state index contributed by atoms with van der Waals surface area (Å²) >= 11 is 0. The Morgan fingerprint density at radius 2 is 1.93 bits per heavy atom. The monoisotopic (exact) mass is 365 g/mol. The number of nitro groups is 1. The zero-order chi connectivity index (χ0) is 19.6. The molecule has 3 rings (SSSR count). The Morgan fingerprint density at radius 1 is 1.19 bits per heavy atom. The molecule has 0 aliphatic rings. The number of aromatic nitrogens is 3. The number of carbonyl (C=O) groups excluding carboxylic acids is 1. The van der Waals surface area contributed by atoms with Crippen molar-refractivity contribution in [3.63, 3.8) is 0 Å². The molecule has 8 heteroatoms. The van der Waals surface area contributed by atoms with Crippen molar-refractivity contribution >= 4 is 11.6 Å². The van der Waals surface area contributed by atoms with E-state index in [0.29, 0.717) is 17.9 Å². The summed E-state index contributed by atoms with van der Waals surface area (Å²) in [7, 11) is 1.71. The van der Waals surface area contributed by atoms with Gasteiger partial charge in [0.15, 0.2) is 5.69 Å². The molecule has 0 spiro atoms. The van der Waals surface area contributed by atoms with Gasteiger partial charge in [-0.2, -0.15) is 0 Å². The molecule has 0 bridgehead atoms. The van der Waals surface area contributed by atoms with Crippen molar-refractivity contribution < 1.29 is 9.72 Å². The minimum atomic E-state index is -0.474. The number of carbonyl (C=O) groups is 1. The molecule has 1 aromatic heterocycles. The van der Waals surface area contributed by atoms with Crippen molar-refractivity contribution in [1.29, 1.82) is 0 Å². The van der Waals surface area contributed by atoms with E-state index < -0.39 is 4.92 Å². The van der Waals surface area contributed by atoms with Crippen molar-refractivity contribution in [2.75, 3.05) is 7.05 Å². The first-order valence-corrected chi connectivity index (χ1v) is 8.35. The summed E-state index contributed by atoms with van der Waals surface area (Å²) in [4.78, 5) is 24.9. The first-order chi connectivity index (χ1) is 12.9. The molecule has 8 nitrogen and oxygen atoms in total. The van der Waals surface area contributed by atoms with Crippen LogP contribution in [0, 0.1) is 24.0 Å². The summed E-state index contributed by atoms with van der Waals surface area (Å²) < 4.78 is 1.43. The molecule has 0 aliphatic carbocycles. The molecule has 0 N–H and O–H groups in total. The van der Waals surface area contributed by atoms with Crippen LogP contribution in [-0.4, -0.2) is 37.8 Å². The van der Waals surface area contributed by atoms with Crippen LogP contribution in [0.4, 0.5) is 5.69 Å². The third kappa shape index (κ3) is 3.69. The normalized spacial score (nSPS) is 10.6. The van der Waals surface area contributed by atoms with Crippen molar-refractivity contribution in [3.05, 3.63) is 81.2 Å². The lowest BCUT2D eigenvalue weighted by Gasteiger charge is -2.17. The molecule has 27 heavy (non-hydrogen) atoms. The molecular weight excluding hydrogens is 346 g/mol. The Balaban J connectivity index is 1.86. The van der Waals surface area contributed by atoms with Gasteiger partial charge >= 0.3 is 0 Å². The maximum Gasteiger partial charge on any atom is 0.276 e. The number of amides is 1. The third-order valence-electron chi connectivity index (χ3n) is 4.40. The fraction of sp³-hybridized carbons (Fsp3) is 0.211. The van der Waals surface area contributed by atoms with Crippen molar-refractivity contribution in [2.45, 2.75) is 20.4 Å². The van der Waals surface area contributed by atoms with Crippen LogP contribution in [0.1, 0.15) is 27.3 Å².